The zero-order chi connectivity index (χ0) is 20.8. The number of hydrogen-bond acceptors (Lipinski definition) is 6. The van der Waals surface area contributed by atoms with E-state index in [9.17, 15) is 19.5 Å². The highest BCUT2D eigenvalue weighted by Gasteiger charge is 2.43. The van der Waals surface area contributed by atoms with Crippen molar-refractivity contribution in [1.82, 2.24) is 4.98 Å². The normalized spacial score (nSPS) is 20.3. The van der Waals surface area contributed by atoms with Crippen LogP contribution in [-0.4, -0.2) is 21.7 Å². The second-order valence-corrected chi connectivity index (χ2v) is 7.15. The van der Waals surface area contributed by atoms with Crippen molar-refractivity contribution in [3.63, 3.8) is 0 Å². The Hall–Kier alpha value is -4.13. The van der Waals surface area contributed by atoms with Crippen LogP contribution in [-0.2, 0) is 0 Å². The molecule has 0 bridgehead atoms. The number of fused-ring (bicyclic) bond motifs is 3. The molecular formula is C23H15N3O4. The molecule has 5 rings (SSSR count). The summed E-state index contributed by atoms with van der Waals surface area (Å²) in [6.07, 6.45) is 4.93. The van der Waals surface area contributed by atoms with Crippen molar-refractivity contribution in [2.24, 2.45) is 22.1 Å². The molecule has 2 unspecified atom stereocenters. The van der Waals surface area contributed by atoms with Gasteiger partial charge < -0.3 is 10.1 Å². The van der Waals surface area contributed by atoms with E-state index in [1.54, 1.807) is 66.8 Å². The lowest BCUT2D eigenvalue weighted by Crippen LogP contribution is -2.37. The smallest absolute Gasteiger partial charge is 0.280 e. The van der Waals surface area contributed by atoms with Gasteiger partial charge in [0, 0.05) is 16.5 Å². The van der Waals surface area contributed by atoms with Crippen molar-refractivity contribution < 1.29 is 14.7 Å². The van der Waals surface area contributed by atoms with Crippen molar-refractivity contribution in [2.45, 2.75) is 0 Å². The predicted octanol–water partition coefficient (Wildman–Crippen LogP) is 4.08. The molecule has 146 valence electrons. The number of carbonyl (C=O) groups excluding carboxylic acids is 2. The van der Waals surface area contributed by atoms with E-state index < -0.39 is 17.4 Å². The lowest BCUT2D eigenvalue weighted by molar-refractivity contribution is 0.0792. The van der Waals surface area contributed by atoms with Crippen molar-refractivity contribution in [3.8, 4) is 5.75 Å². The van der Waals surface area contributed by atoms with Gasteiger partial charge in [0.05, 0.1) is 23.0 Å². The second kappa shape index (κ2) is 6.73. The van der Waals surface area contributed by atoms with Crippen LogP contribution in [0.15, 0.2) is 87.5 Å². The van der Waals surface area contributed by atoms with Crippen LogP contribution in [0, 0.1) is 11.8 Å². The van der Waals surface area contributed by atoms with Crippen LogP contribution < -0.4 is 5.56 Å². The minimum atomic E-state index is -0.817. The number of Topliss-reactive ketones (excluding diaryl/α,β-unsaturated/α-hetero) is 2. The number of H-pyrrole nitrogens is 1. The summed E-state index contributed by atoms with van der Waals surface area (Å²) in [5.41, 5.74) is 0.637. The van der Waals surface area contributed by atoms with Gasteiger partial charge >= 0.3 is 0 Å². The fraction of sp³-hybridized carbons (Fsp3) is 0.0870. The minimum Gasteiger partial charge on any atom is -0.505 e. The van der Waals surface area contributed by atoms with Crippen LogP contribution in [0.5, 0.6) is 5.75 Å². The monoisotopic (exact) mass is 397 g/mol. The third-order valence-corrected chi connectivity index (χ3v) is 5.44. The summed E-state index contributed by atoms with van der Waals surface area (Å²) in [6, 6.07) is 13.5. The molecule has 2 atom stereocenters. The van der Waals surface area contributed by atoms with E-state index in [1.807, 2.05) is 0 Å². The Morgan fingerprint density at radius 2 is 1.57 bits per heavy atom. The number of para-hydroxylation sites is 1. The van der Waals surface area contributed by atoms with Crippen LogP contribution >= 0.6 is 0 Å². The average Bonchev–Trinajstić information content (AvgIpc) is 2.77. The topological polar surface area (TPSA) is 112 Å². The molecule has 0 spiro atoms. The van der Waals surface area contributed by atoms with Crippen LogP contribution in [0.3, 0.4) is 0 Å². The molecule has 0 amide bonds. The Kier molecular flexibility index (Phi) is 4.03. The maximum absolute atomic E-state index is 13.1. The number of nitrogens with one attached hydrogen (secondary N) is 1. The molecule has 0 saturated carbocycles. The Bertz CT molecular complexity index is 1380. The Labute approximate surface area is 170 Å². The first kappa shape index (κ1) is 17.9. The fourth-order valence-corrected chi connectivity index (χ4v) is 3.98. The molecule has 0 aliphatic heterocycles. The van der Waals surface area contributed by atoms with E-state index in [1.165, 1.54) is 0 Å². The van der Waals surface area contributed by atoms with Gasteiger partial charge in [0.2, 0.25) is 0 Å². The summed E-state index contributed by atoms with van der Waals surface area (Å²) in [5.74, 6) is -2.16. The molecular weight excluding hydrogens is 382 g/mol. The molecule has 0 radical (unpaired) electrons. The van der Waals surface area contributed by atoms with E-state index in [0.717, 1.165) is 0 Å². The summed E-state index contributed by atoms with van der Waals surface area (Å²) in [6.45, 7) is 0. The molecule has 2 aliphatic rings. The predicted molar refractivity (Wildman–Crippen MR) is 110 cm³/mol. The first-order valence-corrected chi connectivity index (χ1v) is 9.38. The van der Waals surface area contributed by atoms with E-state index in [2.05, 4.69) is 15.2 Å². The van der Waals surface area contributed by atoms with Gasteiger partial charge in [-0.2, -0.15) is 5.11 Å². The van der Waals surface area contributed by atoms with Gasteiger partial charge in [-0.3, -0.25) is 14.4 Å². The number of benzene rings is 2. The second-order valence-electron chi connectivity index (χ2n) is 7.15. The van der Waals surface area contributed by atoms with Gasteiger partial charge in [-0.05, 0) is 18.2 Å². The number of aromatic nitrogens is 1. The molecule has 1 heterocycles. The first-order chi connectivity index (χ1) is 14.6. The summed E-state index contributed by atoms with van der Waals surface area (Å²) >= 11 is 0. The third kappa shape index (κ3) is 2.63. The number of aromatic amines is 1. The SMILES string of the molecule is O=C1c2ccccc2C(=O)C2C(N=Nc3c(O)c4ccccc4[nH]c3=O)=CC=CC12. The molecule has 2 aliphatic carbocycles. The molecule has 7 nitrogen and oxygen atoms in total. The number of pyridine rings is 1. The molecule has 1 aromatic heterocycles. The molecule has 3 aromatic rings. The average molecular weight is 397 g/mol. The molecule has 0 saturated heterocycles. The maximum atomic E-state index is 13.1. The maximum Gasteiger partial charge on any atom is 0.280 e. The first-order valence-electron chi connectivity index (χ1n) is 9.38. The Morgan fingerprint density at radius 3 is 2.37 bits per heavy atom. The Morgan fingerprint density at radius 1 is 0.867 bits per heavy atom. The lowest BCUT2D eigenvalue weighted by Gasteiger charge is -2.30. The van der Waals surface area contributed by atoms with E-state index in [-0.39, 0.29) is 28.7 Å². The van der Waals surface area contributed by atoms with Crippen molar-refractivity contribution in [3.05, 3.63) is 93.9 Å². The van der Waals surface area contributed by atoms with Crippen LogP contribution in [0.4, 0.5) is 5.69 Å². The number of azo groups is 1. The Balaban J connectivity index is 1.57. The molecule has 7 heteroatoms. The fourth-order valence-electron chi connectivity index (χ4n) is 3.98. The van der Waals surface area contributed by atoms with E-state index in [0.29, 0.717) is 22.0 Å². The molecule has 2 aromatic carbocycles. The number of aromatic hydroxyl groups is 1. The highest BCUT2D eigenvalue weighted by atomic mass is 16.3. The number of nitrogens with zero attached hydrogens (tertiary/aromatic N) is 2. The third-order valence-electron chi connectivity index (χ3n) is 5.44. The number of carbonyl (C=O) groups is 2. The summed E-state index contributed by atoms with van der Waals surface area (Å²) in [7, 11) is 0. The van der Waals surface area contributed by atoms with Gasteiger partial charge in [-0.25, -0.2) is 0 Å². The summed E-state index contributed by atoms with van der Waals surface area (Å²) < 4.78 is 0. The number of hydrogen-bond donors (Lipinski definition) is 2. The summed E-state index contributed by atoms with van der Waals surface area (Å²) in [5, 5.41) is 19.0. The zero-order valence-electron chi connectivity index (χ0n) is 15.6. The van der Waals surface area contributed by atoms with Gasteiger partial charge in [0.25, 0.3) is 5.56 Å². The van der Waals surface area contributed by atoms with Gasteiger partial charge in [0.1, 0.15) is 0 Å². The zero-order valence-corrected chi connectivity index (χ0v) is 15.6. The lowest BCUT2D eigenvalue weighted by atomic mass is 9.71. The largest absolute Gasteiger partial charge is 0.505 e. The highest BCUT2D eigenvalue weighted by Crippen LogP contribution is 2.39. The van der Waals surface area contributed by atoms with Gasteiger partial charge in [0.15, 0.2) is 23.0 Å². The molecule has 30 heavy (non-hydrogen) atoms. The van der Waals surface area contributed by atoms with Crippen LogP contribution in [0.1, 0.15) is 20.7 Å². The highest BCUT2D eigenvalue weighted by molar-refractivity contribution is 6.17. The summed E-state index contributed by atoms with van der Waals surface area (Å²) in [4.78, 5) is 41.0. The molecule has 2 N–H and O–H groups in total. The van der Waals surface area contributed by atoms with E-state index >= 15 is 0 Å². The van der Waals surface area contributed by atoms with E-state index in [4.69, 9.17) is 0 Å². The minimum absolute atomic E-state index is 0.154. The van der Waals surface area contributed by atoms with Crippen LogP contribution in [0.2, 0.25) is 0 Å². The van der Waals surface area contributed by atoms with Gasteiger partial charge in [-0.15, -0.1) is 5.11 Å². The van der Waals surface area contributed by atoms with Crippen LogP contribution in [0.25, 0.3) is 10.9 Å². The van der Waals surface area contributed by atoms with Crippen molar-refractivity contribution in [1.29, 1.82) is 0 Å². The quantitative estimate of drug-likeness (QED) is 0.635. The standard InChI is InChI=1S/C23H15N3O4/c27-20-12-6-1-2-7-13(12)21(28)18-15(20)9-5-11-17(18)25-26-19-22(29)14-8-3-4-10-16(14)24-23(19)30/h1-11,15,18H,(H2,24,29,30). The number of allylic oxidation sites excluding steroid dienone is 4. The molecule has 0 fully saturated rings. The van der Waals surface area contributed by atoms with Crippen molar-refractivity contribution >= 4 is 28.2 Å². The van der Waals surface area contributed by atoms with Gasteiger partial charge in [-0.1, -0.05) is 48.6 Å². The number of ketones is 2. The number of rotatable bonds is 2. The van der Waals surface area contributed by atoms with Crippen molar-refractivity contribution in [2.75, 3.05) is 0 Å².